The molecule has 4 rings (SSSR count). The second kappa shape index (κ2) is 8.50. The highest BCUT2D eigenvalue weighted by atomic mass is 33.1. The number of imidazole rings is 1. The van der Waals surface area contributed by atoms with E-state index in [1.54, 1.807) is 11.3 Å². The van der Waals surface area contributed by atoms with Gasteiger partial charge < -0.3 is 5.32 Å². The minimum atomic E-state index is 0.105. The lowest BCUT2D eigenvalue weighted by Crippen LogP contribution is -2.11. The summed E-state index contributed by atoms with van der Waals surface area (Å²) >= 11 is 1.62. The maximum Gasteiger partial charge on any atom is 0.224 e. The molecule has 1 amide bonds. The lowest BCUT2D eigenvalue weighted by Gasteiger charge is -2.08. The summed E-state index contributed by atoms with van der Waals surface area (Å²) in [5.41, 5.74) is 2.87. The molecule has 1 N–H and O–H groups in total. The molecule has 1 aliphatic heterocycles. The molecule has 0 aliphatic carbocycles. The number of carbonyl (C=O) groups is 1. The number of aromatic nitrogens is 2. The van der Waals surface area contributed by atoms with Gasteiger partial charge in [-0.05, 0) is 31.4 Å². The average Bonchev–Trinajstić information content (AvgIpc) is 3.36. The Kier molecular flexibility index (Phi) is 5.87. The van der Waals surface area contributed by atoms with Crippen LogP contribution in [-0.4, -0.2) is 26.3 Å². The first-order chi connectivity index (χ1) is 12.8. The molecule has 7 heteroatoms. The van der Waals surface area contributed by atoms with Crippen LogP contribution in [0, 0.1) is 0 Å². The zero-order valence-electron chi connectivity index (χ0n) is 14.4. The fraction of sp³-hybridized carbons (Fsp3) is 0.368. The molecule has 4 nitrogen and oxygen atoms in total. The van der Waals surface area contributed by atoms with Gasteiger partial charge in [0.15, 0.2) is 4.96 Å². The maximum absolute atomic E-state index is 12.1. The number of benzene rings is 1. The minimum Gasteiger partial charge on any atom is -0.326 e. The molecule has 0 bridgehead atoms. The smallest absolute Gasteiger partial charge is 0.224 e. The molecule has 0 saturated carbocycles. The topological polar surface area (TPSA) is 46.4 Å². The summed E-state index contributed by atoms with van der Waals surface area (Å²) in [4.78, 5) is 17.7. The summed E-state index contributed by atoms with van der Waals surface area (Å²) in [6, 6.07) is 7.92. The van der Waals surface area contributed by atoms with Crippen LogP contribution in [0.15, 0.2) is 42.0 Å². The molecule has 136 valence electrons. The van der Waals surface area contributed by atoms with E-state index < -0.39 is 0 Å². The van der Waals surface area contributed by atoms with Gasteiger partial charge in [0.2, 0.25) is 5.91 Å². The van der Waals surface area contributed by atoms with Crippen molar-refractivity contribution in [1.29, 1.82) is 0 Å². The fourth-order valence-electron chi connectivity index (χ4n) is 3.04. The molecule has 3 heterocycles. The number of hydrogen-bond donors (Lipinski definition) is 1. The van der Waals surface area contributed by atoms with Crippen LogP contribution in [0.3, 0.4) is 0 Å². The van der Waals surface area contributed by atoms with E-state index >= 15 is 0 Å². The quantitative estimate of drug-likeness (QED) is 0.405. The van der Waals surface area contributed by atoms with Crippen LogP contribution in [0.4, 0.5) is 5.69 Å². The molecule has 1 atom stereocenters. The van der Waals surface area contributed by atoms with Gasteiger partial charge in [-0.1, -0.05) is 40.1 Å². The molecule has 0 spiro atoms. The van der Waals surface area contributed by atoms with Crippen LogP contribution in [-0.2, 0) is 4.79 Å². The standard InChI is InChI=1S/C19H21N3OS3/c23-18(4-2-1-3-16-9-11-25-26-16)20-15-7-5-14(6-8-15)17-13-22-10-12-24-19(22)21-17/h5-8,10,12-13,16H,1-4,9,11H2,(H,20,23). The van der Waals surface area contributed by atoms with Crippen molar-refractivity contribution in [3.63, 3.8) is 0 Å². The number of amides is 1. The van der Waals surface area contributed by atoms with Crippen molar-refractivity contribution >= 4 is 49.5 Å². The van der Waals surface area contributed by atoms with Gasteiger partial charge in [0.05, 0.1) is 5.69 Å². The molecule has 2 aromatic heterocycles. The highest BCUT2D eigenvalue weighted by Crippen LogP contribution is 2.39. The average molecular weight is 404 g/mol. The Morgan fingerprint density at radius 2 is 2.15 bits per heavy atom. The van der Waals surface area contributed by atoms with Crippen molar-refractivity contribution in [2.45, 2.75) is 37.4 Å². The van der Waals surface area contributed by atoms with E-state index in [-0.39, 0.29) is 5.91 Å². The first-order valence-electron chi connectivity index (χ1n) is 8.89. The normalized spacial score (nSPS) is 17.0. The van der Waals surface area contributed by atoms with E-state index in [9.17, 15) is 4.79 Å². The van der Waals surface area contributed by atoms with Gasteiger partial charge in [0, 0.05) is 46.4 Å². The lowest BCUT2D eigenvalue weighted by atomic mass is 10.1. The number of nitrogens with zero attached hydrogens (tertiary/aromatic N) is 2. The molecule has 1 fully saturated rings. The van der Waals surface area contributed by atoms with Crippen LogP contribution in [0.25, 0.3) is 16.2 Å². The highest BCUT2D eigenvalue weighted by Gasteiger charge is 2.15. The van der Waals surface area contributed by atoms with E-state index in [2.05, 4.69) is 10.3 Å². The van der Waals surface area contributed by atoms with Crippen molar-refractivity contribution in [3.8, 4) is 11.3 Å². The van der Waals surface area contributed by atoms with Crippen molar-refractivity contribution in [2.24, 2.45) is 0 Å². The third-order valence-corrected chi connectivity index (χ3v) is 8.24. The van der Waals surface area contributed by atoms with Crippen LogP contribution in [0.2, 0.25) is 0 Å². The number of thiazole rings is 1. The van der Waals surface area contributed by atoms with Gasteiger partial charge >= 0.3 is 0 Å². The van der Waals surface area contributed by atoms with E-state index in [0.29, 0.717) is 6.42 Å². The predicted octanol–water partition coefficient (Wildman–Crippen LogP) is 5.72. The monoisotopic (exact) mass is 403 g/mol. The summed E-state index contributed by atoms with van der Waals surface area (Å²) in [6.45, 7) is 0. The van der Waals surface area contributed by atoms with E-state index in [1.165, 1.54) is 18.6 Å². The summed E-state index contributed by atoms with van der Waals surface area (Å²) < 4.78 is 2.03. The third-order valence-electron chi connectivity index (χ3n) is 4.46. The number of rotatable bonds is 7. The zero-order chi connectivity index (χ0) is 17.8. The first-order valence-corrected chi connectivity index (χ1v) is 12.1. The van der Waals surface area contributed by atoms with Gasteiger partial charge in [0.1, 0.15) is 0 Å². The maximum atomic E-state index is 12.1. The number of carbonyl (C=O) groups excluding carboxylic acids is 1. The Hall–Kier alpha value is -1.44. The second-order valence-corrected chi connectivity index (χ2v) is 10.1. The largest absolute Gasteiger partial charge is 0.326 e. The SMILES string of the molecule is O=C(CCCCC1CCSS1)Nc1ccc(-c2cn3ccsc3n2)cc1. The van der Waals surface area contributed by atoms with Gasteiger partial charge in [-0.3, -0.25) is 9.20 Å². The van der Waals surface area contributed by atoms with Crippen molar-refractivity contribution in [2.75, 3.05) is 11.1 Å². The number of hydrogen-bond acceptors (Lipinski definition) is 5. The summed E-state index contributed by atoms with van der Waals surface area (Å²) in [7, 11) is 4.00. The Labute approximate surface area is 165 Å². The van der Waals surface area contributed by atoms with E-state index in [4.69, 9.17) is 0 Å². The van der Waals surface area contributed by atoms with Crippen molar-refractivity contribution < 1.29 is 4.79 Å². The summed E-state index contributed by atoms with van der Waals surface area (Å²) in [5.74, 6) is 1.39. The zero-order valence-corrected chi connectivity index (χ0v) is 16.8. The molecular formula is C19H21N3OS3. The lowest BCUT2D eigenvalue weighted by molar-refractivity contribution is -0.116. The van der Waals surface area contributed by atoms with Crippen LogP contribution >= 0.6 is 32.9 Å². The van der Waals surface area contributed by atoms with Gasteiger partial charge in [-0.2, -0.15) is 0 Å². The van der Waals surface area contributed by atoms with Gasteiger partial charge in [-0.25, -0.2) is 4.98 Å². The summed E-state index contributed by atoms with van der Waals surface area (Å²) in [6.07, 6.45) is 9.31. The first kappa shape index (κ1) is 17.9. The van der Waals surface area contributed by atoms with Crippen LogP contribution in [0.5, 0.6) is 0 Å². The number of nitrogens with one attached hydrogen (secondary N) is 1. The Morgan fingerprint density at radius 3 is 2.92 bits per heavy atom. The van der Waals surface area contributed by atoms with Gasteiger partial charge in [-0.15, -0.1) is 11.3 Å². The number of fused-ring (bicyclic) bond motifs is 1. The van der Waals surface area contributed by atoms with Crippen LogP contribution < -0.4 is 5.32 Å². The molecular weight excluding hydrogens is 382 g/mol. The molecule has 1 unspecified atom stereocenters. The molecule has 0 radical (unpaired) electrons. The Balaban J connectivity index is 1.25. The van der Waals surface area contributed by atoms with E-state index in [0.717, 1.165) is 40.0 Å². The number of anilines is 1. The predicted molar refractivity (Wildman–Crippen MR) is 114 cm³/mol. The molecule has 26 heavy (non-hydrogen) atoms. The molecule has 1 saturated heterocycles. The fourth-order valence-corrected chi connectivity index (χ4v) is 6.76. The molecule has 3 aromatic rings. The van der Waals surface area contributed by atoms with Crippen LogP contribution in [0.1, 0.15) is 32.1 Å². The molecule has 1 aliphatic rings. The Morgan fingerprint density at radius 1 is 1.27 bits per heavy atom. The highest BCUT2D eigenvalue weighted by molar-refractivity contribution is 8.77. The van der Waals surface area contributed by atoms with Crippen molar-refractivity contribution in [1.82, 2.24) is 9.38 Å². The number of unbranched alkanes of at least 4 members (excludes halogenated alkanes) is 1. The second-order valence-electron chi connectivity index (χ2n) is 6.42. The third kappa shape index (κ3) is 4.45. The van der Waals surface area contributed by atoms with Gasteiger partial charge in [0.25, 0.3) is 0 Å². The van der Waals surface area contributed by atoms with E-state index in [1.807, 2.05) is 68.0 Å². The Bertz CT molecular complexity index is 837. The summed E-state index contributed by atoms with van der Waals surface area (Å²) in [5, 5.41) is 5.82. The minimum absolute atomic E-state index is 0.105. The molecule has 1 aromatic carbocycles. The van der Waals surface area contributed by atoms with Crippen molar-refractivity contribution in [3.05, 3.63) is 42.0 Å².